The van der Waals surface area contributed by atoms with Crippen molar-refractivity contribution in [3.8, 4) is 17.2 Å². The molecule has 0 radical (unpaired) electrons. The summed E-state index contributed by atoms with van der Waals surface area (Å²) in [7, 11) is 3.02. The number of nitrogens with one attached hydrogen (secondary N) is 1. The van der Waals surface area contributed by atoms with Gasteiger partial charge in [0.1, 0.15) is 28.8 Å². The van der Waals surface area contributed by atoms with Gasteiger partial charge in [-0.1, -0.05) is 12.1 Å². The Labute approximate surface area is 196 Å². The predicted octanol–water partition coefficient (Wildman–Crippen LogP) is 4.64. The molecule has 3 aromatic carbocycles. The molecule has 0 spiro atoms. The van der Waals surface area contributed by atoms with Crippen LogP contribution in [-0.2, 0) is 9.59 Å². The molecule has 1 aliphatic heterocycles. The summed E-state index contributed by atoms with van der Waals surface area (Å²) < 4.78 is 29.7. The zero-order valence-electron chi connectivity index (χ0n) is 18.9. The number of anilines is 2. The molecule has 0 aliphatic carbocycles. The molecule has 0 aromatic heterocycles. The Morgan fingerprint density at radius 3 is 2.15 bits per heavy atom. The monoisotopic (exact) mass is 462 g/mol. The molecular weight excluding hydrogens is 439 g/mol. The topological polar surface area (TPSA) is 77.1 Å². The maximum absolute atomic E-state index is 13.6. The molecule has 1 heterocycles. The normalized spacial score (nSPS) is 13.4. The number of benzene rings is 3. The first-order valence-electron chi connectivity index (χ1n) is 10.6. The number of imide groups is 1. The molecule has 0 bridgehead atoms. The highest BCUT2D eigenvalue weighted by atomic mass is 19.1. The quantitative estimate of drug-likeness (QED) is 0.492. The van der Waals surface area contributed by atoms with Crippen LogP contribution in [0.5, 0.6) is 17.2 Å². The van der Waals surface area contributed by atoms with Gasteiger partial charge in [0.15, 0.2) is 0 Å². The summed E-state index contributed by atoms with van der Waals surface area (Å²) in [6.07, 6.45) is 0. The van der Waals surface area contributed by atoms with Crippen molar-refractivity contribution in [2.45, 2.75) is 6.92 Å². The average Bonchev–Trinajstić information content (AvgIpc) is 3.09. The van der Waals surface area contributed by atoms with E-state index in [-0.39, 0.29) is 11.3 Å². The maximum Gasteiger partial charge on any atom is 0.282 e. The highest BCUT2D eigenvalue weighted by Gasteiger charge is 2.40. The van der Waals surface area contributed by atoms with E-state index in [4.69, 9.17) is 14.2 Å². The number of amides is 2. The van der Waals surface area contributed by atoms with E-state index in [1.54, 1.807) is 42.5 Å². The van der Waals surface area contributed by atoms with Crippen molar-refractivity contribution < 1.29 is 28.2 Å². The van der Waals surface area contributed by atoms with E-state index in [1.807, 2.05) is 6.92 Å². The van der Waals surface area contributed by atoms with Crippen LogP contribution >= 0.6 is 0 Å². The molecule has 2 amide bonds. The van der Waals surface area contributed by atoms with Gasteiger partial charge < -0.3 is 19.5 Å². The van der Waals surface area contributed by atoms with Gasteiger partial charge in [0, 0.05) is 6.07 Å². The zero-order chi connectivity index (χ0) is 24.2. The molecule has 0 fully saturated rings. The second kappa shape index (κ2) is 9.66. The molecule has 3 aromatic rings. The first-order chi connectivity index (χ1) is 16.5. The summed E-state index contributed by atoms with van der Waals surface area (Å²) >= 11 is 0. The number of carbonyl (C=O) groups excluding carboxylic acids is 2. The van der Waals surface area contributed by atoms with Gasteiger partial charge in [-0.15, -0.1) is 0 Å². The van der Waals surface area contributed by atoms with E-state index in [1.165, 1.54) is 38.5 Å². The number of methoxy groups -OCH3 is 2. The van der Waals surface area contributed by atoms with E-state index in [0.717, 1.165) is 4.90 Å². The van der Waals surface area contributed by atoms with Crippen LogP contribution in [0.25, 0.3) is 5.57 Å². The summed E-state index contributed by atoms with van der Waals surface area (Å²) in [5.41, 5.74) is 1.37. The lowest BCUT2D eigenvalue weighted by Crippen LogP contribution is -2.32. The largest absolute Gasteiger partial charge is 0.497 e. The fourth-order valence-electron chi connectivity index (χ4n) is 3.67. The van der Waals surface area contributed by atoms with Crippen LogP contribution in [0.15, 0.2) is 72.4 Å². The number of carbonyl (C=O) groups is 2. The smallest absolute Gasteiger partial charge is 0.282 e. The molecule has 1 N–H and O–H groups in total. The Bertz CT molecular complexity index is 1250. The SMILES string of the molecule is CCOc1ccc(N2C(=O)C(Nc3cc(OC)ccc3OC)=C(c3ccc(F)cc3)C2=O)cc1. The number of halogens is 1. The second-order valence-electron chi connectivity index (χ2n) is 7.32. The van der Waals surface area contributed by atoms with Crippen molar-refractivity contribution in [2.75, 3.05) is 31.0 Å². The van der Waals surface area contributed by atoms with Gasteiger partial charge in [-0.25, -0.2) is 9.29 Å². The van der Waals surface area contributed by atoms with Crippen molar-refractivity contribution >= 4 is 28.8 Å². The predicted molar refractivity (Wildman–Crippen MR) is 127 cm³/mol. The Balaban J connectivity index is 1.80. The van der Waals surface area contributed by atoms with Crippen molar-refractivity contribution in [3.05, 3.63) is 83.8 Å². The minimum absolute atomic E-state index is 0.0389. The Hall–Kier alpha value is -4.33. The minimum Gasteiger partial charge on any atom is -0.497 e. The summed E-state index contributed by atoms with van der Waals surface area (Å²) in [5, 5.41) is 3.05. The van der Waals surface area contributed by atoms with Gasteiger partial charge >= 0.3 is 0 Å². The Kier molecular flexibility index (Phi) is 6.49. The van der Waals surface area contributed by atoms with E-state index in [0.29, 0.717) is 40.8 Å². The Morgan fingerprint density at radius 1 is 0.853 bits per heavy atom. The number of hydrogen-bond acceptors (Lipinski definition) is 6. The highest BCUT2D eigenvalue weighted by molar-refractivity contribution is 6.46. The van der Waals surface area contributed by atoms with Crippen molar-refractivity contribution in [1.82, 2.24) is 0 Å². The van der Waals surface area contributed by atoms with Crippen molar-refractivity contribution in [2.24, 2.45) is 0 Å². The Morgan fingerprint density at radius 2 is 1.53 bits per heavy atom. The molecule has 1 aliphatic rings. The maximum atomic E-state index is 13.6. The van der Waals surface area contributed by atoms with Gasteiger partial charge in [0.25, 0.3) is 11.8 Å². The molecule has 174 valence electrons. The van der Waals surface area contributed by atoms with Crippen molar-refractivity contribution in [3.63, 3.8) is 0 Å². The van der Waals surface area contributed by atoms with Crippen LogP contribution in [0.1, 0.15) is 12.5 Å². The molecule has 4 rings (SSSR count). The summed E-state index contributed by atoms with van der Waals surface area (Å²) in [5.74, 6) is 0.0624. The molecule has 8 heteroatoms. The van der Waals surface area contributed by atoms with Crippen LogP contribution in [-0.4, -0.2) is 32.6 Å². The fraction of sp³-hybridized carbons (Fsp3) is 0.154. The fourth-order valence-corrected chi connectivity index (χ4v) is 3.67. The van der Waals surface area contributed by atoms with Crippen molar-refractivity contribution in [1.29, 1.82) is 0 Å². The van der Waals surface area contributed by atoms with E-state index < -0.39 is 17.6 Å². The lowest BCUT2D eigenvalue weighted by Gasteiger charge is -2.16. The number of rotatable bonds is 8. The van der Waals surface area contributed by atoms with Gasteiger partial charge in [0.2, 0.25) is 0 Å². The molecule has 0 atom stereocenters. The van der Waals surface area contributed by atoms with Crippen LogP contribution in [0.2, 0.25) is 0 Å². The lowest BCUT2D eigenvalue weighted by molar-refractivity contribution is -0.120. The summed E-state index contributed by atoms with van der Waals surface area (Å²) in [6.45, 7) is 2.36. The van der Waals surface area contributed by atoms with Gasteiger partial charge in [0.05, 0.1) is 37.8 Å². The number of hydrogen-bond donors (Lipinski definition) is 1. The van der Waals surface area contributed by atoms with E-state index in [2.05, 4.69) is 5.32 Å². The van der Waals surface area contributed by atoms with Gasteiger partial charge in [-0.3, -0.25) is 9.59 Å². The van der Waals surface area contributed by atoms with Gasteiger partial charge in [-0.2, -0.15) is 0 Å². The average molecular weight is 462 g/mol. The van der Waals surface area contributed by atoms with Crippen LogP contribution in [0.3, 0.4) is 0 Å². The number of ether oxygens (including phenoxy) is 3. The summed E-state index contributed by atoms with van der Waals surface area (Å²) in [6, 6.07) is 17.1. The zero-order valence-corrected chi connectivity index (χ0v) is 18.9. The molecular formula is C26H23FN2O5. The molecule has 7 nitrogen and oxygen atoms in total. The minimum atomic E-state index is -0.557. The number of nitrogens with zero attached hydrogens (tertiary/aromatic N) is 1. The molecule has 0 saturated carbocycles. The molecule has 0 saturated heterocycles. The van der Waals surface area contributed by atoms with Crippen LogP contribution < -0.4 is 24.4 Å². The standard InChI is InChI=1S/C26H23FN2O5/c1-4-34-19-11-9-18(10-12-19)29-25(30)23(16-5-7-17(27)8-6-16)24(26(29)31)28-21-15-20(32-2)13-14-22(21)33-3/h5-15,28H,4H2,1-3H3. The third-order valence-electron chi connectivity index (χ3n) is 5.29. The third kappa shape index (κ3) is 4.30. The van der Waals surface area contributed by atoms with E-state index >= 15 is 0 Å². The lowest BCUT2D eigenvalue weighted by atomic mass is 10.0. The molecule has 0 unspecified atom stereocenters. The van der Waals surface area contributed by atoms with Crippen LogP contribution in [0.4, 0.5) is 15.8 Å². The first kappa shape index (κ1) is 22.8. The van der Waals surface area contributed by atoms with Gasteiger partial charge in [-0.05, 0) is 61.0 Å². The van der Waals surface area contributed by atoms with Crippen LogP contribution in [0, 0.1) is 5.82 Å². The molecule has 34 heavy (non-hydrogen) atoms. The highest BCUT2D eigenvalue weighted by Crippen LogP contribution is 2.37. The second-order valence-corrected chi connectivity index (χ2v) is 7.32. The summed E-state index contributed by atoms with van der Waals surface area (Å²) in [4.78, 5) is 28.1. The first-order valence-corrected chi connectivity index (χ1v) is 10.6. The third-order valence-corrected chi connectivity index (χ3v) is 5.29. The van der Waals surface area contributed by atoms with E-state index in [9.17, 15) is 14.0 Å².